The van der Waals surface area contributed by atoms with E-state index in [1.807, 2.05) is 53.4 Å². The molecular weight excluding hydrogens is 398 g/mol. The normalized spacial score (nSPS) is 24.8. The van der Waals surface area contributed by atoms with Crippen LogP contribution in [0.4, 0.5) is 0 Å². The minimum atomic E-state index is -0.819. The molecule has 3 aromatic carbocycles. The molecule has 2 bridgehead atoms. The molecule has 1 saturated carbocycles. The predicted molar refractivity (Wildman–Crippen MR) is 122 cm³/mol. The van der Waals surface area contributed by atoms with Gasteiger partial charge in [0.05, 0.1) is 0 Å². The number of amides is 1. The summed E-state index contributed by atoms with van der Waals surface area (Å²) in [6, 6.07) is 22.2. The predicted octanol–water partition coefficient (Wildman–Crippen LogP) is 5.06. The molecule has 160 valence electrons. The Morgan fingerprint density at radius 3 is 2.00 bits per heavy atom. The van der Waals surface area contributed by atoms with Crippen molar-refractivity contribution < 1.29 is 15.0 Å². The van der Waals surface area contributed by atoms with Gasteiger partial charge in [0, 0.05) is 12.1 Å². The number of benzene rings is 3. The average Bonchev–Trinajstić information content (AvgIpc) is 3.50. The fourth-order valence-electron chi connectivity index (χ4n) is 6.18. The number of rotatable bonds is 4. The van der Waals surface area contributed by atoms with Gasteiger partial charge in [-0.3, -0.25) is 4.79 Å². The third-order valence-electron chi connectivity index (χ3n) is 7.60. The first kappa shape index (κ1) is 19.2. The number of aromatic hydroxyl groups is 2. The molecule has 3 aliphatic rings. The fraction of sp³-hybridized carbons (Fsp3) is 0.250. The summed E-state index contributed by atoms with van der Waals surface area (Å²) in [4.78, 5) is 15.9. The Labute approximate surface area is 187 Å². The second-order valence-corrected chi connectivity index (χ2v) is 9.31. The first-order valence-electron chi connectivity index (χ1n) is 11.3. The summed E-state index contributed by atoms with van der Waals surface area (Å²) in [5.74, 6) is 2.00. The van der Waals surface area contributed by atoms with E-state index in [0.717, 1.165) is 23.1 Å². The lowest BCUT2D eigenvalue weighted by Crippen LogP contribution is -2.48. The molecular formula is C28H25NO3. The van der Waals surface area contributed by atoms with Gasteiger partial charge in [0.15, 0.2) is 0 Å². The number of carbonyl (C=O) groups is 1. The smallest absolute Gasteiger partial charge is 0.255 e. The molecule has 0 aromatic heterocycles. The van der Waals surface area contributed by atoms with Gasteiger partial charge in [-0.2, -0.15) is 0 Å². The second-order valence-electron chi connectivity index (χ2n) is 9.31. The van der Waals surface area contributed by atoms with Crippen molar-refractivity contribution in [3.05, 3.63) is 107 Å². The molecule has 1 amide bonds. The van der Waals surface area contributed by atoms with Crippen molar-refractivity contribution in [1.82, 2.24) is 4.90 Å². The van der Waals surface area contributed by atoms with Crippen LogP contribution in [0.15, 0.2) is 84.9 Å². The summed E-state index contributed by atoms with van der Waals surface area (Å²) in [6.07, 6.45) is 6.96. The fourth-order valence-corrected chi connectivity index (χ4v) is 6.18. The van der Waals surface area contributed by atoms with Crippen molar-refractivity contribution in [2.45, 2.75) is 18.4 Å². The molecule has 0 saturated heterocycles. The summed E-state index contributed by atoms with van der Waals surface area (Å²) in [7, 11) is 0. The zero-order chi connectivity index (χ0) is 21.9. The summed E-state index contributed by atoms with van der Waals surface area (Å²) < 4.78 is 0. The number of fused-ring (bicyclic) bond motifs is 3. The largest absolute Gasteiger partial charge is 0.508 e. The Bertz CT molecular complexity index is 1170. The van der Waals surface area contributed by atoms with Gasteiger partial charge < -0.3 is 15.1 Å². The van der Waals surface area contributed by atoms with Gasteiger partial charge in [-0.15, -0.1) is 0 Å². The van der Waals surface area contributed by atoms with E-state index in [4.69, 9.17) is 0 Å². The lowest BCUT2D eigenvalue weighted by Gasteiger charge is -2.42. The summed E-state index contributed by atoms with van der Waals surface area (Å²) in [5.41, 5.74) is 2.70. The van der Waals surface area contributed by atoms with E-state index < -0.39 is 5.54 Å². The molecule has 3 aromatic rings. The topological polar surface area (TPSA) is 60.8 Å². The monoisotopic (exact) mass is 423 g/mol. The van der Waals surface area contributed by atoms with Gasteiger partial charge in [-0.1, -0.05) is 54.6 Å². The number of phenolic OH excluding ortho intramolecular Hbond substituents is 2. The highest BCUT2D eigenvalue weighted by atomic mass is 16.3. The zero-order valence-corrected chi connectivity index (χ0v) is 17.7. The minimum absolute atomic E-state index is 0.0357. The number of carbonyl (C=O) groups excluding carboxylic acids is 1. The van der Waals surface area contributed by atoms with Crippen LogP contribution in [0.5, 0.6) is 11.5 Å². The minimum Gasteiger partial charge on any atom is -0.508 e. The number of allylic oxidation sites excluding steroid dienone is 2. The lowest BCUT2D eigenvalue weighted by molar-refractivity contribution is 0.0622. The van der Waals surface area contributed by atoms with E-state index >= 15 is 0 Å². The first-order valence-corrected chi connectivity index (χ1v) is 11.3. The first-order chi connectivity index (χ1) is 15.6. The SMILES string of the molecule is O=C1c2ccccc2C(c2ccc(O)cc2)(c2ccc(O)cc2)N1CC1CC2C=CC1C2. The maximum atomic E-state index is 13.9. The van der Waals surface area contributed by atoms with Gasteiger partial charge in [0.2, 0.25) is 0 Å². The second kappa shape index (κ2) is 6.99. The van der Waals surface area contributed by atoms with Crippen LogP contribution in [0.1, 0.15) is 39.9 Å². The van der Waals surface area contributed by atoms with Crippen LogP contribution in [0.2, 0.25) is 0 Å². The van der Waals surface area contributed by atoms with Gasteiger partial charge in [0.25, 0.3) is 5.91 Å². The molecule has 2 N–H and O–H groups in total. The molecule has 32 heavy (non-hydrogen) atoms. The van der Waals surface area contributed by atoms with Gasteiger partial charge in [-0.25, -0.2) is 0 Å². The summed E-state index contributed by atoms with van der Waals surface area (Å²) in [6.45, 7) is 0.667. The summed E-state index contributed by atoms with van der Waals surface area (Å²) in [5, 5.41) is 20.0. The van der Waals surface area contributed by atoms with Crippen LogP contribution in [0.25, 0.3) is 0 Å². The molecule has 4 nitrogen and oxygen atoms in total. The highest BCUT2D eigenvalue weighted by molar-refractivity contribution is 6.01. The van der Waals surface area contributed by atoms with E-state index in [2.05, 4.69) is 12.2 Å². The van der Waals surface area contributed by atoms with E-state index in [1.54, 1.807) is 24.3 Å². The molecule has 3 atom stereocenters. The van der Waals surface area contributed by atoms with Crippen LogP contribution >= 0.6 is 0 Å². The number of phenols is 2. The third kappa shape index (κ3) is 2.65. The molecule has 0 radical (unpaired) electrons. The standard InChI is InChI=1S/C28H25NO3/c30-23-11-7-21(8-12-23)28(22-9-13-24(31)14-10-22)26-4-2-1-3-25(26)27(32)29(28)17-20-16-18-5-6-19(20)15-18/h1-14,18-20,30-31H,15-17H2. The van der Waals surface area contributed by atoms with E-state index in [9.17, 15) is 15.0 Å². The van der Waals surface area contributed by atoms with E-state index in [0.29, 0.717) is 29.9 Å². The molecule has 1 heterocycles. The quantitative estimate of drug-likeness (QED) is 0.577. The van der Waals surface area contributed by atoms with Gasteiger partial charge >= 0.3 is 0 Å². The number of hydrogen-bond acceptors (Lipinski definition) is 3. The van der Waals surface area contributed by atoms with Crippen LogP contribution in [0.3, 0.4) is 0 Å². The Kier molecular flexibility index (Phi) is 4.19. The van der Waals surface area contributed by atoms with Crippen molar-refractivity contribution >= 4 is 5.91 Å². The highest BCUT2D eigenvalue weighted by Crippen LogP contribution is 2.52. The van der Waals surface area contributed by atoms with Crippen molar-refractivity contribution in [3.8, 4) is 11.5 Å². The number of hydrogen-bond donors (Lipinski definition) is 2. The third-order valence-corrected chi connectivity index (χ3v) is 7.60. The number of nitrogens with zero attached hydrogens (tertiary/aromatic N) is 1. The van der Waals surface area contributed by atoms with Crippen molar-refractivity contribution in [3.63, 3.8) is 0 Å². The molecule has 0 spiro atoms. The molecule has 4 heteroatoms. The maximum absolute atomic E-state index is 13.9. The van der Waals surface area contributed by atoms with Crippen molar-refractivity contribution in [2.75, 3.05) is 6.54 Å². The van der Waals surface area contributed by atoms with Crippen LogP contribution in [0, 0.1) is 17.8 Å². The average molecular weight is 424 g/mol. The Morgan fingerprint density at radius 2 is 1.44 bits per heavy atom. The van der Waals surface area contributed by atoms with Gasteiger partial charge in [0.1, 0.15) is 17.0 Å². The van der Waals surface area contributed by atoms with Crippen LogP contribution < -0.4 is 0 Å². The van der Waals surface area contributed by atoms with Crippen molar-refractivity contribution in [2.24, 2.45) is 17.8 Å². The Balaban J connectivity index is 1.59. The van der Waals surface area contributed by atoms with Gasteiger partial charge in [-0.05, 0) is 77.6 Å². The Hall–Kier alpha value is -3.53. The Morgan fingerprint density at radius 1 is 0.812 bits per heavy atom. The molecule has 3 unspecified atom stereocenters. The molecule has 1 fully saturated rings. The van der Waals surface area contributed by atoms with E-state index in [-0.39, 0.29) is 17.4 Å². The van der Waals surface area contributed by atoms with Crippen molar-refractivity contribution in [1.29, 1.82) is 0 Å². The zero-order valence-electron chi connectivity index (χ0n) is 17.7. The molecule has 1 aliphatic heterocycles. The molecule has 2 aliphatic carbocycles. The van der Waals surface area contributed by atoms with Crippen LogP contribution in [-0.2, 0) is 5.54 Å². The molecule has 6 rings (SSSR count). The van der Waals surface area contributed by atoms with Crippen LogP contribution in [-0.4, -0.2) is 27.6 Å². The maximum Gasteiger partial charge on any atom is 0.255 e. The lowest BCUT2D eigenvalue weighted by atomic mass is 9.76. The van der Waals surface area contributed by atoms with E-state index in [1.165, 1.54) is 6.42 Å². The summed E-state index contributed by atoms with van der Waals surface area (Å²) >= 11 is 0. The highest BCUT2D eigenvalue weighted by Gasteiger charge is 2.53.